The third-order valence-corrected chi connectivity index (χ3v) is 2.69. The summed E-state index contributed by atoms with van der Waals surface area (Å²) >= 11 is 0. The van der Waals surface area contributed by atoms with Crippen molar-refractivity contribution in [1.82, 2.24) is 9.97 Å². The number of nitrogens with zero attached hydrogens (tertiary/aromatic N) is 2. The van der Waals surface area contributed by atoms with Gasteiger partial charge in [0.05, 0.1) is 11.9 Å². The average molecular weight is 256 g/mol. The molecule has 0 saturated carbocycles. The van der Waals surface area contributed by atoms with Crippen LogP contribution >= 0.6 is 0 Å². The molecule has 0 aliphatic heterocycles. The standard InChI is InChI=1S/C14H16N4O/c15-13-5-4-12(10-17-13)18-14(19)3-1-2-11-6-8-16-9-7-11/h4-10H,1-3H2,(H2,15,17)(H,18,19). The van der Waals surface area contributed by atoms with Crippen LogP contribution in [0.15, 0.2) is 42.9 Å². The van der Waals surface area contributed by atoms with Gasteiger partial charge in [-0.3, -0.25) is 9.78 Å². The van der Waals surface area contributed by atoms with Crippen LogP contribution in [-0.4, -0.2) is 15.9 Å². The number of anilines is 2. The Morgan fingerprint density at radius 3 is 2.68 bits per heavy atom. The number of hydrogen-bond acceptors (Lipinski definition) is 4. The molecule has 2 aromatic heterocycles. The van der Waals surface area contributed by atoms with Gasteiger partial charge >= 0.3 is 0 Å². The van der Waals surface area contributed by atoms with Gasteiger partial charge in [0.25, 0.3) is 0 Å². The number of nitrogens with one attached hydrogen (secondary N) is 1. The predicted octanol–water partition coefficient (Wildman–Crippen LogP) is 2.02. The number of nitrogens with two attached hydrogens (primary N) is 1. The number of pyridine rings is 2. The number of nitrogen functional groups attached to an aromatic ring is 1. The summed E-state index contributed by atoms with van der Waals surface area (Å²) in [5.41, 5.74) is 7.33. The van der Waals surface area contributed by atoms with Crippen molar-refractivity contribution in [3.8, 4) is 0 Å². The molecule has 98 valence electrons. The molecule has 0 saturated heterocycles. The highest BCUT2D eigenvalue weighted by Gasteiger charge is 2.03. The van der Waals surface area contributed by atoms with Crippen LogP contribution in [0.25, 0.3) is 0 Å². The van der Waals surface area contributed by atoms with Crippen LogP contribution in [0, 0.1) is 0 Å². The van der Waals surface area contributed by atoms with Gasteiger partial charge in [-0.2, -0.15) is 0 Å². The molecular weight excluding hydrogens is 240 g/mol. The zero-order valence-corrected chi connectivity index (χ0v) is 10.5. The molecule has 3 N–H and O–H groups in total. The maximum atomic E-state index is 11.7. The number of carbonyl (C=O) groups excluding carboxylic acids is 1. The molecule has 0 radical (unpaired) electrons. The van der Waals surface area contributed by atoms with Crippen molar-refractivity contribution in [2.45, 2.75) is 19.3 Å². The molecule has 0 bridgehead atoms. The molecule has 0 aliphatic carbocycles. The molecule has 0 atom stereocenters. The van der Waals surface area contributed by atoms with E-state index in [1.54, 1.807) is 30.7 Å². The van der Waals surface area contributed by atoms with Gasteiger partial charge in [0.15, 0.2) is 0 Å². The molecule has 2 rings (SSSR count). The molecule has 0 aliphatic rings. The lowest BCUT2D eigenvalue weighted by Gasteiger charge is -2.05. The van der Waals surface area contributed by atoms with Gasteiger partial charge in [0.1, 0.15) is 5.82 Å². The lowest BCUT2D eigenvalue weighted by Crippen LogP contribution is -2.11. The Balaban J connectivity index is 1.74. The Kier molecular flexibility index (Phi) is 4.44. The zero-order chi connectivity index (χ0) is 13.5. The van der Waals surface area contributed by atoms with E-state index in [1.807, 2.05) is 12.1 Å². The molecule has 5 heteroatoms. The molecule has 1 amide bonds. The number of rotatable bonds is 5. The summed E-state index contributed by atoms with van der Waals surface area (Å²) in [6, 6.07) is 7.32. The molecule has 0 fully saturated rings. The fourth-order valence-electron chi connectivity index (χ4n) is 1.71. The van der Waals surface area contributed by atoms with Crippen molar-refractivity contribution in [2.24, 2.45) is 0 Å². The second-order valence-corrected chi connectivity index (χ2v) is 4.23. The minimum Gasteiger partial charge on any atom is -0.384 e. The zero-order valence-electron chi connectivity index (χ0n) is 10.5. The van der Waals surface area contributed by atoms with Gasteiger partial charge in [-0.25, -0.2) is 4.98 Å². The maximum Gasteiger partial charge on any atom is 0.224 e. The number of aryl methyl sites for hydroxylation is 1. The van der Waals surface area contributed by atoms with Gasteiger partial charge in [0, 0.05) is 18.8 Å². The minimum absolute atomic E-state index is 0.0133. The monoisotopic (exact) mass is 256 g/mol. The molecule has 0 spiro atoms. The fourth-order valence-corrected chi connectivity index (χ4v) is 1.71. The number of hydrogen-bond donors (Lipinski definition) is 2. The molecule has 0 aromatic carbocycles. The summed E-state index contributed by atoms with van der Waals surface area (Å²) in [5.74, 6) is 0.427. The lowest BCUT2D eigenvalue weighted by atomic mass is 10.1. The first kappa shape index (κ1) is 13.0. The van der Waals surface area contributed by atoms with Gasteiger partial charge in [-0.1, -0.05) is 0 Å². The summed E-state index contributed by atoms with van der Waals surface area (Å²) in [7, 11) is 0. The van der Waals surface area contributed by atoms with Crippen molar-refractivity contribution in [3.63, 3.8) is 0 Å². The molecule has 2 heterocycles. The lowest BCUT2D eigenvalue weighted by molar-refractivity contribution is -0.116. The van der Waals surface area contributed by atoms with Crippen LogP contribution in [0.5, 0.6) is 0 Å². The van der Waals surface area contributed by atoms with E-state index in [1.165, 1.54) is 5.56 Å². The normalized spacial score (nSPS) is 10.1. The number of carbonyl (C=O) groups is 1. The van der Waals surface area contributed by atoms with E-state index >= 15 is 0 Å². The van der Waals surface area contributed by atoms with Crippen molar-refractivity contribution in [2.75, 3.05) is 11.1 Å². The van der Waals surface area contributed by atoms with E-state index in [0.29, 0.717) is 17.9 Å². The SMILES string of the molecule is Nc1ccc(NC(=O)CCCc2ccncc2)cn1. The molecule has 5 nitrogen and oxygen atoms in total. The number of aromatic nitrogens is 2. The summed E-state index contributed by atoms with van der Waals surface area (Å²) in [5, 5.41) is 2.79. The predicted molar refractivity (Wildman–Crippen MR) is 74.5 cm³/mol. The van der Waals surface area contributed by atoms with E-state index in [-0.39, 0.29) is 5.91 Å². The first-order valence-corrected chi connectivity index (χ1v) is 6.14. The Morgan fingerprint density at radius 2 is 2.00 bits per heavy atom. The van der Waals surface area contributed by atoms with Crippen molar-refractivity contribution >= 4 is 17.4 Å². The maximum absolute atomic E-state index is 11.7. The second kappa shape index (κ2) is 6.49. The summed E-state index contributed by atoms with van der Waals surface area (Å²) in [6.07, 6.45) is 7.22. The van der Waals surface area contributed by atoms with Crippen LogP contribution in [0.4, 0.5) is 11.5 Å². The highest BCUT2D eigenvalue weighted by molar-refractivity contribution is 5.90. The first-order valence-electron chi connectivity index (χ1n) is 6.14. The quantitative estimate of drug-likeness (QED) is 0.857. The van der Waals surface area contributed by atoms with E-state index in [0.717, 1.165) is 12.8 Å². The molecule has 0 unspecified atom stereocenters. The topological polar surface area (TPSA) is 80.9 Å². The highest BCUT2D eigenvalue weighted by atomic mass is 16.1. The van der Waals surface area contributed by atoms with Gasteiger partial charge in [-0.05, 0) is 42.7 Å². The Bertz CT molecular complexity index is 525. The summed E-state index contributed by atoms with van der Waals surface area (Å²) in [6.45, 7) is 0. The van der Waals surface area contributed by atoms with Crippen LogP contribution in [0.3, 0.4) is 0 Å². The molecule has 19 heavy (non-hydrogen) atoms. The van der Waals surface area contributed by atoms with Crippen molar-refractivity contribution < 1.29 is 4.79 Å². The summed E-state index contributed by atoms with van der Waals surface area (Å²) < 4.78 is 0. The average Bonchev–Trinajstić information content (AvgIpc) is 2.43. The highest BCUT2D eigenvalue weighted by Crippen LogP contribution is 2.09. The Morgan fingerprint density at radius 1 is 1.21 bits per heavy atom. The minimum atomic E-state index is -0.0133. The molecule has 2 aromatic rings. The van der Waals surface area contributed by atoms with Gasteiger partial charge in [-0.15, -0.1) is 0 Å². The van der Waals surface area contributed by atoms with Crippen LogP contribution < -0.4 is 11.1 Å². The first-order chi connectivity index (χ1) is 9.24. The van der Waals surface area contributed by atoms with Gasteiger partial charge < -0.3 is 11.1 Å². The van der Waals surface area contributed by atoms with Crippen LogP contribution in [-0.2, 0) is 11.2 Å². The fraction of sp³-hybridized carbons (Fsp3) is 0.214. The Hall–Kier alpha value is -2.43. The van der Waals surface area contributed by atoms with Gasteiger partial charge in [0.2, 0.25) is 5.91 Å². The van der Waals surface area contributed by atoms with Crippen molar-refractivity contribution in [3.05, 3.63) is 48.4 Å². The van der Waals surface area contributed by atoms with E-state index in [9.17, 15) is 4.79 Å². The van der Waals surface area contributed by atoms with E-state index < -0.39 is 0 Å². The van der Waals surface area contributed by atoms with Crippen LogP contribution in [0.2, 0.25) is 0 Å². The second-order valence-electron chi connectivity index (χ2n) is 4.23. The van der Waals surface area contributed by atoms with Crippen molar-refractivity contribution in [1.29, 1.82) is 0 Å². The van der Waals surface area contributed by atoms with E-state index in [2.05, 4.69) is 15.3 Å². The summed E-state index contributed by atoms with van der Waals surface area (Å²) in [4.78, 5) is 19.6. The number of amides is 1. The third kappa shape index (κ3) is 4.39. The largest absolute Gasteiger partial charge is 0.384 e. The smallest absolute Gasteiger partial charge is 0.224 e. The van der Waals surface area contributed by atoms with E-state index in [4.69, 9.17) is 5.73 Å². The molecular formula is C14H16N4O. The van der Waals surface area contributed by atoms with Crippen LogP contribution in [0.1, 0.15) is 18.4 Å². The third-order valence-electron chi connectivity index (χ3n) is 2.69. The Labute approximate surface area is 111 Å².